The van der Waals surface area contributed by atoms with Crippen molar-refractivity contribution >= 4 is 34.3 Å². The third-order valence-electron chi connectivity index (χ3n) is 5.28. The maximum absolute atomic E-state index is 12.8. The molecule has 3 amide bonds. The number of aryl methyl sites for hydroxylation is 1. The van der Waals surface area contributed by atoms with Crippen molar-refractivity contribution in [2.45, 2.75) is 13.5 Å². The molecule has 2 N–H and O–H groups in total. The highest BCUT2D eigenvalue weighted by atomic mass is 16.2. The predicted octanol–water partition coefficient (Wildman–Crippen LogP) is 4.44. The quantitative estimate of drug-likeness (QED) is 0.477. The molecule has 0 unspecified atom stereocenters. The zero-order valence-corrected chi connectivity index (χ0v) is 18.1. The average Bonchev–Trinajstić information content (AvgIpc) is 3.14. The number of amides is 3. The van der Waals surface area contributed by atoms with Gasteiger partial charge in [0.2, 0.25) is 0 Å². The molecule has 4 rings (SSSR count). The van der Waals surface area contributed by atoms with Crippen molar-refractivity contribution in [1.82, 2.24) is 14.9 Å². The standard InChI is InChI=1S/C25H25N5O2/c1-18-27-22-13-6-7-14-23(22)30(18)16-15-26-25(32)28-20-10-8-9-19(17-20)24(31)29(2)21-11-4-3-5-12-21/h3-14,17H,15-16H2,1-2H3,(H2,26,28,32). The van der Waals surface area contributed by atoms with Crippen LogP contribution in [0.3, 0.4) is 0 Å². The number of nitrogens with one attached hydrogen (secondary N) is 2. The highest BCUT2D eigenvalue weighted by Gasteiger charge is 2.14. The Morgan fingerprint density at radius 1 is 0.969 bits per heavy atom. The molecule has 0 aliphatic heterocycles. The molecule has 162 valence electrons. The summed E-state index contributed by atoms with van der Waals surface area (Å²) in [6.45, 7) is 3.01. The van der Waals surface area contributed by atoms with Gasteiger partial charge in [-0.1, -0.05) is 36.4 Å². The van der Waals surface area contributed by atoms with Crippen molar-refractivity contribution < 1.29 is 9.59 Å². The fourth-order valence-electron chi connectivity index (χ4n) is 3.63. The number of carbonyl (C=O) groups is 2. The Balaban J connectivity index is 1.35. The summed E-state index contributed by atoms with van der Waals surface area (Å²) < 4.78 is 2.08. The highest BCUT2D eigenvalue weighted by molar-refractivity contribution is 6.06. The second-order valence-corrected chi connectivity index (χ2v) is 7.46. The third-order valence-corrected chi connectivity index (χ3v) is 5.28. The zero-order chi connectivity index (χ0) is 22.5. The number of benzene rings is 3. The van der Waals surface area contributed by atoms with Gasteiger partial charge in [-0.15, -0.1) is 0 Å². The minimum atomic E-state index is -0.326. The van der Waals surface area contributed by atoms with Gasteiger partial charge in [-0.3, -0.25) is 4.79 Å². The van der Waals surface area contributed by atoms with Crippen molar-refractivity contribution in [3.05, 3.63) is 90.3 Å². The van der Waals surface area contributed by atoms with E-state index in [9.17, 15) is 9.59 Å². The minimum absolute atomic E-state index is 0.150. The first kappa shape index (κ1) is 21.1. The Labute approximate surface area is 186 Å². The number of para-hydroxylation sites is 3. The zero-order valence-electron chi connectivity index (χ0n) is 18.1. The van der Waals surface area contributed by atoms with Gasteiger partial charge in [0.25, 0.3) is 5.91 Å². The molecule has 3 aromatic carbocycles. The Morgan fingerprint density at radius 2 is 1.72 bits per heavy atom. The van der Waals surface area contributed by atoms with Crippen LogP contribution in [0.2, 0.25) is 0 Å². The highest BCUT2D eigenvalue weighted by Crippen LogP contribution is 2.18. The van der Waals surface area contributed by atoms with Crippen molar-refractivity contribution in [2.24, 2.45) is 0 Å². The molecule has 0 saturated heterocycles. The predicted molar refractivity (Wildman–Crippen MR) is 127 cm³/mol. The second-order valence-electron chi connectivity index (χ2n) is 7.46. The van der Waals surface area contributed by atoms with Gasteiger partial charge in [0.05, 0.1) is 11.0 Å². The Morgan fingerprint density at radius 3 is 2.53 bits per heavy atom. The smallest absolute Gasteiger partial charge is 0.319 e. The molecule has 4 aromatic rings. The molecule has 0 fully saturated rings. The topological polar surface area (TPSA) is 79.3 Å². The van der Waals surface area contributed by atoms with E-state index < -0.39 is 0 Å². The van der Waals surface area contributed by atoms with Crippen LogP contribution in [0.1, 0.15) is 16.2 Å². The monoisotopic (exact) mass is 427 g/mol. The first-order valence-corrected chi connectivity index (χ1v) is 10.4. The molecular formula is C25H25N5O2. The molecule has 32 heavy (non-hydrogen) atoms. The molecule has 0 bridgehead atoms. The molecule has 0 saturated carbocycles. The summed E-state index contributed by atoms with van der Waals surface area (Å²) in [4.78, 5) is 31.3. The van der Waals surface area contributed by atoms with Crippen LogP contribution in [0.4, 0.5) is 16.2 Å². The molecule has 0 radical (unpaired) electrons. The fourth-order valence-corrected chi connectivity index (χ4v) is 3.63. The van der Waals surface area contributed by atoms with Crippen LogP contribution in [-0.4, -0.2) is 35.1 Å². The Kier molecular flexibility index (Phi) is 6.17. The molecule has 7 heteroatoms. The number of imidazole rings is 1. The summed E-state index contributed by atoms with van der Waals surface area (Å²) in [5, 5.41) is 5.67. The number of urea groups is 1. The van der Waals surface area contributed by atoms with Gasteiger partial charge in [0, 0.05) is 37.1 Å². The lowest BCUT2D eigenvalue weighted by Gasteiger charge is -2.18. The first-order chi connectivity index (χ1) is 15.5. The van der Waals surface area contributed by atoms with E-state index >= 15 is 0 Å². The molecular weight excluding hydrogens is 402 g/mol. The van der Waals surface area contributed by atoms with E-state index in [2.05, 4.69) is 20.2 Å². The number of anilines is 2. The van der Waals surface area contributed by atoms with Gasteiger partial charge in [-0.25, -0.2) is 9.78 Å². The number of hydrogen-bond donors (Lipinski definition) is 2. The number of aromatic nitrogens is 2. The summed E-state index contributed by atoms with van der Waals surface area (Å²) in [6, 6.07) is 23.9. The SMILES string of the molecule is Cc1nc2ccccc2n1CCNC(=O)Nc1cccc(C(=O)N(C)c2ccccc2)c1. The maximum Gasteiger partial charge on any atom is 0.319 e. The molecule has 0 spiro atoms. The summed E-state index contributed by atoms with van der Waals surface area (Å²) in [5.41, 5.74) is 3.84. The van der Waals surface area contributed by atoms with Crippen molar-refractivity contribution in [3.8, 4) is 0 Å². The molecule has 1 heterocycles. The minimum Gasteiger partial charge on any atom is -0.336 e. The van der Waals surface area contributed by atoms with E-state index in [1.165, 1.54) is 0 Å². The van der Waals surface area contributed by atoms with Crippen molar-refractivity contribution in [1.29, 1.82) is 0 Å². The fraction of sp³-hybridized carbons (Fsp3) is 0.160. The van der Waals surface area contributed by atoms with Gasteiger partial charge < -0.3 is 20.1 Å². The van der Waals surface area contributed by atoms with Gasteiger partial charge in [0.15, 0.2) is 0 Å². The average molecular weight is 428 g/mol. The second kappa shape index (κ2) is 9.34. The number of hydrogen-bond acceptors (Lipinski definition) is 3. The van der Waals surface area contributed by atoms with Crippen LogP contribution in [-0.2, 0) is 6.54 Å². The number of nitrogens with zero attached hydrogens (tertiary/aromatic N) is 3. The van der Waals surface area contributed by atoms with Gasteiger partial charge >= 0.3 is 6.03 Å². The lowest BCUT2D eigenvalue weighted by molar-refractivity contribution is 0.0993. The summed E-state index contributed by atoms with van der Waals surface area (Å²) in [5.74, 6) is 0.755. The van der Waals surface area contributed by atoms with E-state index in [0.29, 0.717) is 24.3 Å². The van der Waals surface area contributed by atoms with E-state index in [4.69, 9.17) is 0 Å². The van der Waals surface area contributed by atoms with E-state index in [0.717, 1.165) is 22.5 Å². The van der Waals surface area contributed by atoms with Gasteiger partial charge in [-0.2, -0.15) is 0 Å². The van der Waals surface area contributed by atoms with E-state index in [1.807, 2.05) is 61.5 Å². The van der Waals surface area contributed by atoms with E-state index in [-0.39, 0.29) is 11.9 Å². The molecule has 7 nitrogen and oxygen atoms in total. The molecule has 0 atom stereocenters. The summed E-state index contributed by atoms with van der Waals surface area (Å²) in [6.07, 6.45) is 0. The molecule has 0 aliphatic carbocycles. The summed E-state index contributed by atoms with van der Waals surface area (Å²) >= 11 is 0. The number of rotatable bonds is 6. The Hall–Kier alpha value is -4.13. The third kappa shape index (κ3) is 4.62. The van der Waals surface area contributed by atoms with Crippen molar-refractivity contribution in [2.75, 3.05) is 23.8 Å². The van der Waals surface area contributed by atoms with Crippen LogP contribution in [0, 0.1) is 6.92 Å². The van der Waals surface area contributed by atoms with Crippen LogP contribution >= 0.6 is 0 Å². The molecule has 1 aromatic heterocycles. The normalized spacial score (nSPS) is 10.7. The van der Waals surface area contributed by atoms with Crippen LogP contribution in [0.15, 0.2) is 78.9 Å². The number of fused-ring (bicyclic) bond motifs is 1. The van der Waals surface area contributed by atoms with Crippen LogP contribution < -0.4 is 15.5 Å². The summed E-state index contributed by atoms with van der Waals surface area (Å²) in [7, 11) is 1.73. The first-order valence-electron chi connectivity index (χ1n) is 10.4. The van der Waals surface area contributed by atoms with E-state index in [1.54, 1.807) is 36.2 Å². The van der Waals surface area contributed by atoms with Crippen LogP contribution in [0.5, 0.6) is 0 Å². The lowest BCUT2D eigenvalue weighted by atomic mass is 10.1. The van der Waals surface area contributed by atoms with Gasteiger partial charge in [-0.05, 0) is 49.4 Å². The Bertz CT molecular complexity index is 1250. The number of carbonyl (C=O) groups excluding carboxylic acids is 2. The van der Waals surface area contributed by atoms with Crippen molar-refractivity contribution in [3.63, 3.8) is 0 Å². The lowest BCUT2D eigenvalue weighted by Crippen LogP contribution is -2.32. The van der Waals surface area contributed by atoms with Crippen LogP contribution in [0.25, 0.3) is 11.0 Å². The van der Waals surface area contributed by atoms with Gasteiger partial charge in [0.1, 0.15) is 5.82 Å². The maximum atomic E-state index is 12.8. The molecule has 0 aliphatic rings. The largest absolute Gasteiger partial charge is 0.336 e.